The minimum absolute atomic E-state index is 0.0455. The Morgan fingerprint density at radius 3 is 2.45 bits per heavy atom. The van der Waals surface area contributed by atoms with Crippen LogP contribution in [0.1, 0.15) is 10.4 Å². The van der Waals surface area contributed by atoms with Crippen LogP contribution in [0, 0.1) is 0 Å². The minimum Gasteiger partial charge on any atom is -0.481 e. The van der Waals surface area contributed by atoms with E-state index in [1.807, 2.05) is 0 Å². The number of methoxy groups -OCH3 is 2. The van der Waals surface area contributed by atoms with Gasteiger partial charge in [-0.05, 0) is 24.4 Å². The third-order valence-electron chi connectivity index (χ3n) is 2.47. The number of hydrogen-bond acceptors (Lipinski definition) is 7. The van der Waals surface area contributed by atoms with E-state index in [1.54, 1.807) is 18.3 Å². The Kier molecular flexibility index (Phi) is 5.15. The van der Waals surface area contributed by atoms with E-state index in [-0.39, 0.29) is 17.0 Å². The van der Waals surface area contributed by atoms with E-state index >= 15 is 0 Å². The summed E-state index contributed by atoms with van der Waals surface area (Å²) in [6.07, 6.45) is 3.01. The van der Waals surface area contributed by atoms with Gasteiger partial charge in [-0.15, -0.1) is 0 Å². The van der Waals surface area contributed by atoms with Gasteiger partial charge in [-0.2, -0.15) is 9.97 Å². The Hall–Kier alpha value is -2.81. The lowest BCUT2D eigenvalue weighted by Gasteiger charge is -2.10. The van der Waals surface area contributed by atoms with Crippen molar-refractivity contribution in [3.8, 4) is 11.8 Å². The first-order chi connectivity index (χ1) is 10.6. The van der Waals surface area contributed by atoms with Crippen molar-refractivity contribution >= 4 is 29.2 Å². The number of carbonyl (C=O) groups is 1. The highest BCUT2D eigenvalue weighted by molar-refractivity contribution is 7.80. The van der Waals surface area contributed by atoms with Crippen molar-refractivity contribution in [2.45, 2.75) is 0 Å². The number of amides is 1. The Labute approximate surface area is 131 Å². The minimum atomic E-state index is -0.388. The second-order valence-electron chi connectivity index (χ2n) is 3.93. The Bertz CT molecular complexity index is 658. The molecule has 0 bridgehead atoms. The van der Waals surface area contributed by atoms with E-state index < -0.39 is 0 Å². The van der Waals surface area contributed by atoms with Crippen molar-refractivity contribution in [1.82, 2.24) is 20.3 Å². The number of carbonyl (C=O) groups excluding carboxylic acids is 1. The van der Waals surface area contributed by atoms with E-state index in [4.69, 9.17) is 21.7 Å². The summed E-state index contributed by atoms with van der Waals surface area (Å²) < 4.78 is 10.0. The maximum Gasteiger partial charge on any atom is 0.258 e. The van der Waals surface area contributed by atoms with Gasteiger partial charge in [0.1, 0.15) is 0 Å². The molecule has 0 atom stereocenters. The van der Waals surface area contributed by atoms with Crippen molar-refractivity contribution in [3.05, 3.63) is 36.2 Å². The van der Waals surface area contributed by atoms with E-state index in [2.05, 4.69) is 25.6 Å². The molecular weight excluding hydrogens is 306 g/mol. The van der Waals surface area contributed by atoms with Crippen LogP contribution in [0.25, 0.3) is 0 Å². The fourth-order valence-electron chi connectivity index (χ4n) is 1.47. The normalized spacial score (nSPS) is 9.73. The van der Waals surface area contributed by atoms with Crippen LogP contribution in [0.2, 0.25) is 0 Å². The van der Waals surface area contributed by atoms with Gasteiger partial charge >= 0.3 is 0 Å². The maximum absolute atomic E-state index is 11.9. The van der Waals surface area contributed by atoms with Crippen LogP contribution in [0.5, 0.6) is 11.8 Å². The van der Waals surface area contributed by atoms with Crippen LogP contribution < -0.4 is 20.1 Å². The van der Waals surface area contributed by atoms with Crippen molar-refractivity contribution in [2.24, 2.45) is 0 Å². The number of rotatable bonds is 4. The first kappa shape index (κ1) is 15.6. The molecule has 2 aromatic rings. The number of pyridine rings is 1. The Morgan fingerprint density at radius 1 is 1.23 bits per heavy atom. The first-order valence-electron chi connectivity index (χ1n) is 6.12. The van der Waals surface area contributed by atoms with Gasteiger partial charge in [-0.25, -0.2) is 0 Å². The highest BCUT2D eigenvalue weighted by Crippen LogP contribution is 2.17. The highest BCUT2D eigenvalue weighted by atomic mass is 32.1. The van der Waals surface area contributed by atoms with Gasteiger partial charge in [-0.1, -0.05) is 0 Å². The average molecular weight is 319 g/mol. The molecule has 9 heteroatoms. The summed E-state index contributed by atoms with van der Waals surface area (Å²) in [4.78, 5) is 23.9. The molecule has 0 aliphatic carbocycles. The highest BCUT2D eigenvalue weighted by Gasteiger charge is 2.10. The fraction of sp³-hybridized carbons (Fsp3) is 0.154. The van der Waals surface area contributed by atoms with Crippen molar-refractivity contribution in [3.63, 3.8) is 0 Å². The SMILES string of the molecule is COc1cc(OC)nc(NC(=S)NC(=O)c2cccnc2)n1. The molecule has 22 heavy (non-hydrogen) atoms. The van der Waals surface area contributed by atoms with Gasteiger partial charge < -0.3 is 14.8 Å². The maximum atomic E-state index is 11.9. The molecule has 0 spiro atoms. The molecule has 0 unspecified atom stereocenters. The Balaban J connectivity index is 2.04. The fourth-order valence-corrected chi connectivity index (χ4v) is 1.66. The summed E-state index contributed by atoms with van der Waals surface area (Å²) >= 11 is 5.05. The van der Waals surface area contributed by atoms with Gasteiger partial charge in [0, 0.05) is 12.4 Å². The van der Waals surface area contributed by atoms with Crippen molar-refractivity contribution in [1.29, 1.82) is 0 Å². The number of hydrogen-bond donors (Lipinski definition) is 2. The van der Waals surface area contributed by atoms with Crippen LogP contribution in [-0.4, -0.2) is 40.2 Å². The van der Waals surface area contributed by atoms with Gasteiger partial charge in [-0.3, -0.25) is 15.1 Å². The molecule has 0 fully saturated rings. The molecule has 114 valence electrons. The number of anilines is 1. The quantitative estimate of drug-likeness (QED) is 0.806. The largest absolute Gasteiger partial charge is 0.481 e. The molecule has 0 saturated heterocycles. The zero-order chi connectivity index (χ0) is 15.9. The third kappa shape index (κ3) is 4.09. The summed E-state index contributed by atoms with van der Waals surface area (Å²) in [5.74, 6) is 0.361. The summed E-state index contributed by atoms with van der Waals surface area (Å²) in [5.41, 5.74) is 0.385. The van der Waals surface area contributed by atoms with E-state index in [9.17, 15) is 4.79 Å². The molecule has 1 amide bonds. The van der Waals surface area contributed by atoms with Crippen molar-refractivity contribution in [2.75, 3.05) is 19.5 Å². The first-order valence-corrected chi connectivity index (χ1v) is 6.52. The van der Waals surface area contributed by atoms with Crippen LogP contribution in [0.4, 0.5) is 5.95 Å². The van der Waals surface area contributed by atoms with Gasteiger partial charge in [0.25, 0.3) is 5.91 Å². The number of aromatic nitrogens is 3. The topological polar surface area (TPSA) is 98.3 Å². The number of nitrogens with one attached hydrogen (secondary N) is 2. The third-order valence-corrected chi connectivity index (χ3v) is 2.68. The summed E-state index contributed by atoms with van der Waals surface area (Å²) in [6, 6.07) is 4.79. The van der Waals surface area contributed by atoms with Gasteiger partial charge in [0.05, 0.1) is 25.8 Å². The lowest BCUT2D eigenvalue weighted by atomic mass is 10.3. The Morgan fingerprint density at radius 2 is 1.91 bits per heavy atom. The molecule has 0 radical (unpaired) electrons. The average Bonchev–Trinajstić information content (AvgIpc) is 2.55. The molecule has 2 aromatic heterocycles. The zero-order valence-corrected chi connectivity index (χ0v) is 12.7. The lowest BCUT2D eigenvalue weighted by Crippen LogP contribution is -2.34. The predicted molar refractivity (Wildman–Crippen MR) is 83.1 cm³/mol. The molecule has 0 aliphatic rings. The smallest absolute Gasteiger partial charge is 0.258 e. The van der Waals surface area contributed by atoms with Gasteiger partial charge in [0.2, 0.25) is 17.7 Å². The standard InChI is InChI=1S/C13H13N5O3S/c1-20-9-6-10(21-2)16-12(15-9)18-13(22)17-11(19)8-4-3-5-14-7-8/h3-7H,1-2H3,(H2,15,16,17,18,19,22). The van der Waals surface area contributed by atoms with E-state index in [0.29, 0.717) is 17.3 Å². The molecule has 2 rings (SSSR count). The molecule has 0 aliphatic heterocycles. The van der Waals surface area contributed by atoms with Crippen LogP contribution in [0.15, 0.2) is 30.6 Å². The number of ether oxygens (including phenoxy) is 2. The second kappa shape index (κ2) is 7.27. The van der Waals surface area contributed by atoms with Crippen LogP contribution in [0.3, 0.4) is 0 Å². The summed E-state index contributed by atoms with van der Waals surface area (Å²) in [5, 5.41) is 5.23. The van der Waals surface area contributed by atoms with Crippen molar-refractivity contribution < 1.29 is 14.3 Å². The summed E-state index contributed by atoms with van der Waals surface area (Å²) in [6.45, 7) is 0. The summed E-state index contributed by atoms with van der Waals surface area (Å²) in [7, 11) is 2.93. The molecule has 2 N–H and O–H groups in total. The van der Waals surface area contributed by atoms with E-state index in [1.165, 1.54) is 26.5 Å². The molecular formula is C13H13N5O3S. The van der Waals surface area contributed by atoms with E-state index in [0.717, 1.165) is 0 Å². The molecule has 0 aromatic carbocycles. The monoisotopic (exact) mass is 319 g/mol. The second-order valence-corrected chi connectivity index (χ2v) is 4.33. The molecule has 2 heterocycles. The number of thiocarbonyl (C=S) groups is 1. The molecule has 8 nitrogen and oxygen atoms in total. The van der Waals surface area contributed by atoms with Gasteiger partial charge in [0.15, 0.2) is 5.11 Å². The van der Waals surface area contributed by atoms with Crippen LogP contribution >= 0.6 is 12.2 Å². The molecule has 0 saturated carbocycles. The zero-order valence-electron chi connectivity index (χ0n) is 11.9. The van der Waals surface area contributed by atoms with Crippen LogP contribution in [-0.2, 0) is 0 Å². The number of nitrogens with zero attached hydrogens (tertiary/aromatic N) is 3. The predicted octanol–water partition coefficient (Wildman–Crippen LogP) is 1.02. The lowest BCUT2D eigenvalue weighted by molar-refractivity contribution is 0.0977.